The third-order valence-corrected chi connectivity index (χ3v) is 2.36. The Morgan fingerprint density at radius 1 is 1.50 bits per heavy atom. The molecule has 0 spiro atoms. The maximum Gasteiger partial charge on any atom is 0.274 e. The highest BCUT2D eigenvalue weighted by molar-refractivity contribution is 5.92. The Labute approximate surface area is 107 Å². The van der Waals surface area contributed by atoms with Gasteiger partial charge in [-0.2, -0.15) is 0 Å². The van der Waals surface area contributed by atoms with Gasteiger partial charge in [0.15, 0.2) is 0 Å². The summed E-state index contributed by atoms with van der Waals surface area (Å²) in [4.78, 5) is 21.8. The Morgan fingerprint density at radius 3 is 2.67 bits per heavy atom. The van der Waals surface area contributed by atoms with E-state index in [1.165, 1.54) is 6.20 Å². The lowest BCUT2D eigenvalue weighted by molar-refractivity contribution is 0.0311. The van der Waals surface area contributed by atoms with Crippen LogP contribution in [0.15, 0.2) is 12.4 Å². The molecule has 1 heterocycles. The molecule has 0 radical (unpaired) electrons. The molecule has 0 fully saturated rings. The summed E-state index contributed by atoms with van der Waals surface area (Å²) in [6.07, 6.45) is 2.97. The molecule has 0 saturated carbocycles. The van der Waals surface area contributed by atoms with Gasteiger partial charge in [-0.1, -0.05) is 0 Å². The number of carbonyl (C=O) groups is 1. The second-order valence-corrected chi connectivity index (χ2v) is 4.67. The number of hydrogen-bond acceptors (Lipinski definition) is 5. The van der Waals surface area contributed by atoms with Gasteiger partial charge in [-0.05, 0) is 20.8 Å². The minimum absolute atomic E-state index is 0.232. The molecule has 0 aliphatic carbocycles. The van der Waals surface area contributed by atoms with Crippen LogP contribution in [0.25, 0.3) is 0 Å². The molecule has 0 aliphatic heterocycles. The minimum atomic E-state index is -0.931. The van der Waals surface area contributed by atoms with Gasteiger partial charge in [-0.3, -0.25) is 9.78 Å². The van der Waals surface area contributed by atoms with Crippen LogP contribution in [0.3, 0.4) is 0 Å². The highest BCUT2D eigenvalue weighted by Crippen LogP contribution is 2.09. The topological polar surface area (TPSA) is 78.3 Å². The lowest BCUT2D eigenvalue weighted by Gasteiger charge is -2.27. The van der Waals surface area contributed by atoms with E-state index in [-0.39, 0.29) is 18.1 Å². The van der Waals surface area contributed by atoms with E-state index in [1.54, 1.807) is 32.0 Å². The fraction of sp³-hybridized carbons (Fsp3) is 0.583. The maximum atomic E-state index is 12.2. The number of hydrogen-bond donors (Lipinski definition) is 2. The van der Waals surface area contributed by atoms with Crippen LogP contribution in [0.1, 0.15) is 31.3 Å². The molecule has 18 heavy (non-hydrogen) atoms. The molecule has 0 saturated heterocycles. The molecule has 0 atom stereocenters. The first kappa shape index (κ1) is 14.4. The molecule has 6 nitrogen and oxygen atoms in total. The third kappa shape index (κ3) is 3.96. The Hall–Kier alpha value is -1.69. The second kappa shape index (κ2) is 5.77. The summed E-state index contributed by atoms with van der Waals surface area (Å²) < 4.78 is 0. The van der Waals surface area contributed by atoms with E-state index in [0.717, 1.165) is 0 Å². The van der Waals surface area contributed by atoms with Crippen molar-refractivity contribution in [3.8, 4) is 0 Å². The number of likely N-dealkylation sites (N-methyl/N-ethyl adjacent to an activating group) is 1. The van der Waals surface area contributed by atoms with E-state index in [9.17, 15) is 9.90 Å². The quantitative estimate of drug-likeness (QED) is 0.808. The van der Waals surface area contributed by atoms with Crippen molar-refractivity contribution in [2.45, 2.75) is 26.4 Å². The molecule has 6 heteroatoms. The van der Waals surface area contributed by atoms with Crippen molar-refractivity contribution in [2.24, 2.45) is 0 Å². The maximum absolute atomic E-state index is 12.2. The first-order valence-electron chi connectivity index (χ1n) is 5.89. The number of aromatic nitrogens is 2. The van der Waals surface area contributed by atoms with Gasteiger partial charge < -0.3 is 15.3 Å². The van der Waals surface area contributed by atoms with E-state index in [0.29, 0.717) is 12.4 Å². The zero-order valence-corrected chi connectivity index (χ0v) is 11.3. The van der Waals surface area contributed by atoms with Crippen LogP contribution in [0, 0.1) is 0 Å². The van der Waals surface area contributed by atoms with Crippen LogP contribution in [0.5, 0.6) is 0 Å². The largest absolute Gasteiger partial charge is 0.389 e. The van der Waals surface area contributed by atoms with Crippen LogP contribution in [0.4, 0.5) is 5.82 Å². The average Bonchev–Trinajstić information content (AvgIpc) is 2.34. The SMILES string of the molecule is CCN(CC(C)(C)O)C(=O)c1cncc(NC)n1. The van der Waals surface area contributed by atoms with Crippen molar-refractivity contribution < 1.29 is 9.90 Å². The molecule has 0 unspecified atom stereocenters. The fourth-order valence-corrected chi connectivity index (χ4v) is 1.55. The molecule has 1 aromatic heterocycles. The van der Waals surface area contributed by atoms with Gasteiger partial charge in [0, 0.05) is 20.1 Å². The average molecular weight is 252 g/mol. The van der Waals surface area contributed by atoms with Crippen molar-refractivity contribution in [1.29, 1.82) is 0 Å². The normalized spacial score (nSPS) is 11.2. The third-order valence-electron chi connectivity index (χ3n) is 2.36. The van der Waals surface area contributed by atoms with Gasteiger partial charge >= 0.3 is 0 Å². The van der Waals surface area contributed by atoms with Gasteiger partial charge in [0.1, 0.15) is 11.5 Å². The molecule has 2 N–H and O–H groups in total. The lowest BCUT2D eigenvalue weighted by Crippen LogP contribution is -2.42. The van der Waals surface area contributed by atoms with Crippen molar-refractivity contribution in [3.05, 3.63) is 18.1 Å². The van der Waals surface area contributed by atoms with E-state index in [1.807, 2.05) is 6.92 Å². The van der Waals surface area contributed by atoms with Crippen molar-refractivity contribution >= 4 is 11.7 Å². The minimum Gasteiger partial charge on any atom is -0.389 e. The van der Waals surface area contributed by atoms with Crippen molar-refractivity contribution in [3.63, 3.8) is 0 Å². The second-order valence-electron chi connectivity index (χ2n) is 4.67. The summed E-state index contributed by atoms with van der Waals surface area (Å²) in [6, 6.07) is 0. The number of nitrogens with one attached hydrogen (secondary N) is 1. The predicted octanol–water partition coefficient (Wildman–Crippen LogP) is 0.751. The number of amides is 1. The number of aliphatic hydroxyl groups is 1. The first-order valence-corrected chi connectivity index (χ1v) is 5.89. The molecule has 1 rings (SSSR count). The van der Waals surface area contributed by atoms with Crippen molar-refractivity contribution in [1.82, 2.24) is 14.9 Å². The molecule has 1 aromatic rings. The zero-order valence-electron chi connectivity index (χ0n) is 11.3. The Balaban J connectivity index is 2.89. The highest BCUT2D eigenvalue weighted by Gasteiger charge is 2.23. The van der Waals surface area contributed by atoms with E-state index >= 15 is 0 Å². The monoisotopic (exact) mass is 252 g/mol. The molecule has 100 valence electrons. The lowest BCUT2D eigenvalue weighted by atomic mass is 10.1. The summed E-state index contributed by atoms with van der Waals surface area (Å²) in [7, 11) is 1.71. The van der Waals surface area contributed by atoms with Crippen LogP contribution in [0.2, 0.25) is 0 Å². The standard InChI is InChI=1S/C12H20N4O2/c1-5-16(8-12(2,3)18)11(17)9-6-14-7-10(13-4)15-9/h6-7,18H,5,8H2,1-4H3,(H,13,15). The summed E-state index contributed by atoms with van der Waals surface area (Å²) in [5, 5.41) is 12.6. The summed E-state index contributed by atoms with van der Waals surface area (Å²) in [5.41, 5.74) is -0.660. The van der Waals surface area contributed by atoms with Gasteiger partial charge in [-0.15, -0.1) is 0 Å². The molecule has 1 amide bonds. The van der Waals surface area contributed by atoms with Crippen molar-refractivity contribution in [2.75, 3.05) is 25.5 Å². The first-order chi connectivity index (χ1) is 8.37. The van der Waals surface area contributed by atoms with E-state index in [2.05, 4.69) is 15.3 Å². The molecular formula is C12H20N4O2. The fourth-order valence-electron chi connectivity index (χ4n) is 1.55. The van der Waals surface area contributed by atoms with Gasteiger partial charge in [0.25, 0.3) is 5.91 Å². The molecule has 0 bridgehead atoms. The van der Waals surface area contributed by atoms with Crippen LogP contribution in [-0.4, -0.2) is 51.6 Å². The smallest absolute Gasteiger partial charge is 0.274 e. The van der Waals surface area contributed by atoms with E-state index in [4.69, 9.17) is 0 Å². The van der Waals surface area contributed by atoms with Crippen LogP contribution in [-0.2, 0) is 0 Å². The van der Waals surface area contributed by atoms with Crippen LogP contribution < -0.4 is 5.32 Å². The molecule has 0 aromatic carbocycles. The van der Waals surface area contributed by atoms with E-state index < -0.39 is 5.60 Å². The summed E-state index contributed by atoms with van der Waals surface area (Å²) >= 11 is 0. The number of anilines is 1. The van der Waals surface area contributed by atoms with Crippen LogP contribution >= 0.6 is 0 Å². The predicted molar refractivity (Wildman–Crippen MR) is 69.5 cm³/mol. The Bertz CT molecular complexity index is 415. The summed E-state index contributed by atoms with van der Waals surface area (Å²) in [5.74, 6) is 0.310. The zero-order chi connectivity index (χ0) is 13.8. The van der Waals surface area contributed by atoms with Gasteiger partial charge in [0.05, 0.1) is 18.0 Å². The summed E-state index contributed by atoms with van der Waals surface area (Å²) in [6.45, 7) is 5.96. The molecular weight excluding hydrogens is 232 g/mol. The van der Waals surface area contributed by atoms with Gasteiger partial charge in [-0.25, -0.2) is 4.98 Å². The number of rotatable bonds is 5. The number of nitrogens with zero attached hydrogens (tertiary/aromatic N) is 3. The Kier molecular flexibility index (Phi) is 4.61. The number of carbonyl (C=O) groups excluding carboxylic acids is 1. The molecule has 0 aliphatic rings. The highest BCUT2D eigenvalue weighted by atomic mass is 16.3. The van der Waals surface area contributed by atoms with Gasteiger partial charge in [0.2, 0.25) is 0 Å². The Morgan fingerprint density at radius 2 is 2.17 bits per heavy atom.